The van der Waals surface area contributed by atoms with Crippen molar-refractivity contribution in [3.8, 4) is 5.75 Å². The molecule has 7 heteroatoms. The molecular formula is C21H21ClN2O3S. The summed E-state index contributed by atoms with van der Waals surface area (Å²) in [5.41, 5.74) is 1.52. The first-order valence-corrected chi connectivity index (χ1v) is 9.78. The summed E-state index contributed by atoms with van der Waals surface area (Å²) in [7, 11) is 0. The number of nitrogens with one attached hydrogen (secondary N) is 2. The van der Waals surface area contributed by atoms with Crippen molar-refractivity contribution in [1.29, 1.82) is 0 Å². The number of hydrogen-bond acceptors (Lipinski definition) is 4. The predicted octanol–water partition coefficient (Wildman–Crippen LogP) is 4.42. The Morgan fingerprint density at radius 2 is 2.04 bits per heavy atom. The lowest BCUT2D eigenvalue weighted by molar-refractivity contribution is -0.115. The van der Waals surface area contributed by atoms with Crippen molar-refractivity contribution in [2.45, 2.75) is 18.9 Å². The maximum Gasteiger partial charge on any atom is 0.250 e. The number of benzene rings is 2. The molecule has 0 radical (unpaired) electrons. The number of halogens is 1. The molecule has 1 amide bonds. The molecule has 0 aromatic heterocycles. The van der Waals surface area contributed by atoms with Gasteiger partial charge in [0, 0.05) is 23.4 Å². The molecule has 1 heterocycles. The van der Waals surface area contributed by atoms with E-state index in [2.05, 4.69) is 10.6 Å². The number of carbonyl (C=O) groups excluding carboxylic acids is 1. The Balaban J connectivity index is 1.44. The number of ether oxygens (including phenoxy) is 2. The summed E-state index contributed by atoms with van der Waals surface area (Å²) in [5, 5.41) is 6.35. The minimum atomic E-state index is -0.339. The van der Waals surface area contributed by atoms with E-state index < -0.39 is 0 Å². The fourth-order valence-electron chi connectivity index (χ4n) is 2.69. The van der Waals surface area contributed by atoms with Crippen LogP contribution in [0.5, 0.6) is 5.75 Å². The molecular weight excluding hydrogens is 396 g/mol. The van der Waals surface area contributed by atoms with E-state index in [4.69, 9.17) is 33.3 Å². The van der Waals surface area contributed by atoms with E-state index in [1.807, 2.05) is 42.5 Å². The van der Waals surface area contributed by atoms with E-state index in [0.717, 1.165) is 36.4 Å². The van der Waals surface area contributed by atoms with E-state index in [1.165, 1.54) is 6.08 Å². The third-order valence-corrected chi connectivity index (χ3v) is 4.68. The minimum absolute atomic E-state index is 0.180. The molecule has 5 nitrogen and oxygen atoms in total. The van der Waals surface area contributed by atoms with Gasteiger partial charge in [-0.15, -0.1) is 0 Å². The Kier molecular flexibility index (Phi) is 7.42. The maximum atomic E-state index is 12.0. The van der Waals surface area contributed by atoms with Crippen molar-refractivity contribution in [2.24, 2.45) is 0 Å². The van der Waals surface area contributed by atoms with Crippen LogP contribution in [0.1, 0.15) is 18.4 Å². The Morgan fingerprint density at radius 3 is 2.75 bits per heavy atom. The number of thiocarbonyl (C=S) groups is 1. The van der Waals surface area contributed by atoms with Gasteiger partial charge in [-0.3, -0.25) is 10.1 Å². The second kappa shape index (κ2) is 10.2. The predicted molar refractivity (Wildman–Crippen MR) is 116 cm³/mol. The normalized spacial score (nSPS) is 16.1. The summed E-state index contributed by atoms with van der Waals surface area (Å²) >= 11 is 11.2. The Bertz CT molecular complexity index is 849. The van der Waals surface area contributed by atoms with Gasteiger partial charge in [-0.1, -0.05) is 29.8 Å². The first kappa shape index (κ1) is 20.3. The van der Waals surface area contributed by atoms with Crippen molar-refractivity contribution in [3.05, 3.63) is 65.2 Å². The average Bonchev–Trinajstić information content (AvgIpc) is 3.20. The van der Waals surface area contributed by atoms with E-state index in [1.54, 1.807) is 12.1 Å². The summed E-state index contributed by atoms with van der Waals surface area (Å²) < 4.78 is 11.3. The van der Waals surface area contributed by atoms with Gasteiger partial charge in [0.1, 0.15) is 12.4 Å². The molecule has 1 aliphatic heterocycles. The largest absolute Gasteiger partial charge is 0.491 e. The van der Waals surface area contributed by atoms with Crippen LogP contribution >= 0.6 is 23.8 Å². The van der Waals surface area contributed by atoms with Crippen molar-refractivity contribution in [3.63, 3.8) is 0 Å². The van der Waals surface area contributed by atoms with Crippen LogP contribution in [0.15, 0.2) is 54.6 Å². The summed E-state index contributed by atoms with van der Waals surface area (Å²) in [6.45, 7) is 1.37. The average molecular weight is 417 g/mol. The lowest BCUT2D eigenvalue weighted by atomic mass is 10.2. The minimum Gasteiger partial charge on any atom is -0.491 e. The fraction of sp³-hybridized carbons (Fsp3) is 0.238. The fourth-order valence-corrected chi connectivity index (χ4v) is 3.11. The maximum absolute atomic E-state index is 12.0. The van der Waals surface area contributed by atoms with Gasteiger partial charge in [-0.2, -0.15) is 0 Å². The van der Waals surface area contributed by atoms with E-state index in [0.29, 0.717) is 11.6 Å². The second-order valence-corrected chi connectivity index (χ2v) is 7.08. The van der Waals surface area contributed by atoms with Crippen molar-refractivity contribution < 1.29 is 14.3 Å². The van der Waals surface area contributed by atoms with Gasteiger partial charge in [0.25, 0.3) is 0 Å². The van der Waals surface area contributed by atoms with Crippen molar-refractivity contribution in [2.75, 3.05) is 18.5 Å². The Labute approximate surface area is 174 Å². The molecule has 2 aromatic rings. The molecule has 0 saturated carbocycles. The highest BCUT2D eigenvalue weighted by Gasteiger charge is 2.15. The molecule has 1 aliphatic rings. The molecule has 2 aromatic carbocycles. The van der Waals surface area contributed by atoms with Crippen molar-refractivity contribution >= 4 is 46.6 Å². The van der Waals surface area contributed by atoms with Crippen LogP contribution in [0.4, 0.5) is 5.69 Å². The SMILES string of the molecule is O=C(/C=C/c1ccccc1Cl)NC(=S)Nc1ccc(OC[C@H]2CCCO2)cc1. The number of anilines is 1. The molecule has 0 unspecified atom stereocenters. The first-order chi connectivity index (χ1) is 13.6. The monoisotopic (exact) mass is 416 g/mol. The van der Waals surface area contributed by atoms with Crippen LogP contribution < -0.4 is 15.4 Å². The van der Waals surface area contributed by atoms with Gasteiger partial charge < -0.3 is 14.8 Å². The molecule has 0 spiro atoms. The van der Waals surface area contributed by atoms with Crippen LogP contribution in [0.25, 0.3) is 6.08 Å². The smallest absolute Gasteiger partial charge is 0.250 e. The first-order valence-electron chi connectivity index (χ1n) is 8.99. The molecule has 146 valence electrons. The van der Waals surface area contributed by atoms with E-state index >= 15 is 0 Å². The lowest BCUT2D eigenvalue weighted by Gasteiger charge is -2.12. The summed E-state index contributed by atoms with van der Waals surface area (Å²) in [6.07, 6.45) is 5.34. The van der Waals surface area contributed by atoms with Crippen LogP contribution in [0.2, 0.25) is 5.02 Å². The molecule has 1 atom stereocenters. The summed E-state index contributed by atoms with van der Waals surface area (Å²) in [4.78, 5) is 12.0. The van der Waals surface area contributed by atoms with Gasteiger partial charge in [0.15, 0.2) is 5.11 Å². The molecule has 1 saturated heterocycles. The highest BCUT2D eigenvalue weighted by molar-refractivity contribution is 7.80. The quantitative estimate of drug-likeness (QED) is 0.539. The zero-order valence-electron chi connectivity index (χ0n) is 15.2. The van der Waals surface area contributed by atoms with Crippen LogP contribution in [-0.2, 0) is 9.53 Å². The van der Waals surface area contributed by atoms with Gasteiger partial charge in [-0.25, -0.2) is 0 Å². The van der Waals surface area contributed by atoms with E-state index in [-0.39, 0.29) is 17.1 Å². The zero-order chi connectivity index (χ0) is 19.8. The Morgan fingerprint density at radius 1 is 1.25 bits per heavy atom. The second-order valence-electron chi connectivity index (χ2n) is 6.27. The Hall–Kier alpha value is -2.41. The molecule has 0 bridgehead atoms. The highest BCUT2D eigenvalue weighted by atomic mass is 35.5. The standard InChI is InChI=1S/C21H21ClN2O3S/c22-19-6-2-1-4-15(19)7-12-20(25)24-21(28)23-16-8-10-17(11-9-16)27-14-18-5-3-13-26-18/h1-2,4,6-12,18H,3,5,13-14H2,(H2,23,24,25,28)/b12-7+/t18-/m1/s1. The van der Waals surface area contributed by atoms with Crippen LogP contribution in [0, 0.1) is 0 Å². The molecule has 1 fully saturated rings. The number of carbonyl (C=O) groups is 1. The van der Waals surface area contributed by atoms with Gasteiger partial charge >= 0.3 is 0 Å². The van der Waals surface area contributed by atoms with Crippen molar-refractivity contribution in [1.82, 2.24) is 5.32 Å². The van der Waals surface area contributed by atoms with Crippen LogP contribution in [-0.4, -0.2) is 30.3 Å². The third-order valence-electron chi connectivity index (χ3n) is 4.13. The molecule has 28 heavy (non-hydrogen) atoms. The lowest BCUT2D eigenvalue weighted by Crippen LogP contribution is -2.32. The topological polar surface area (TPSA) is 59.6 Å². The number of hydrogen-bond donors (Lipinski definition) is 2. The van der Waals surface area contributed by atoms with E-state index in [9.17, 15) is 4.79 Å². The molecule has 0 aliphatic carbocycles. The molecule has 2 N–H and O–H groups in total. The summed E-state index contributed by atoms with van der Waals surface area (Å²) in [6, 6.07) is 14.6. The van der Waals surface area contributed by atoms with Gasteiger partial charge in [0.2, 0.25) is 5.91 Å². The number of rotatable bonds is 6. The van der Waals surface area contributed by atoms with Gasteiger partial charge in [-0.05, 0) is 67.0 Å². The van der Waals surface area contributed by atoms with Crippen LogP contribution in [0.3, 0.4) is 0 Å². The highest BCUT2D eigenvalue weighted by Crippen LogP contribution is 2.19. The zero-order valence-corrected chi connectivity index (χ0v) is 16.8. The third kappa shape index (κ3) is 6.34. The van der Waals surface area contributed by atoms with Gasteiger partial charge in [0.05, 0.1) is 6.10 Å². The molecule has 3 rings (SSSR count). The summed E-state index contributed by atoms with van der Waals surface area (Å²) in [5.74, 6) is 0.424. The number of amides is 1.